The van der Waals surface area contributed by atoms with Gasteiger partial charge in [-0.2, -0.15) is 0 Å². The molecule has 3 heterocycles. The van der Waals surface area contributed by atoms with Gasteiger partial charge in [0.1, 0.15) is 17.3 Å². The van der Waals surface area contributed by atoms with Crippen LogP contribution < -0.4 is 4.74 Å². The van der Waals surface area contributed by atoms with E-state index in [0.717, 1.165) is 23.1 Å². The number of amides is 1. The Kier molecular flexibility index (Phi) is 4.55. The van der Waals surface area contributed by atoms with E-state index in [1.54, 1.807) is 18.3 Å². The van der Waals surface area contributed by atoms with Gasteiger partial charge < -0.3 is 9.64 Å². The van der Waals surface area contributed by atoms with E-state index in [9.17, 15) is 4.79 Å². The number of para-hydroxylation sites is 1. The summed E-state index contributed by atoms with van der Waals surface area (Å²) in [7, 11) is 0. The van der Waals surface area contributed by atoms with Crippen molar-refractivity contribution in [1.29, 1.82) is 0 Å². The Morgan fingerprint density at radius 1 is 1.20 bits per heavy atom. The molecule has 0 spiro atoms. The second-order valence-corrected chi connectivity index (χ2v) is 7.29. The van der Waals surface area contributed by atoms with Crippen LogP contribution in [0.5, 0.6) is 5.19 Å². The summed E-state index contributed by atoms with van der Waals surface area (Å²) in [5.41, 5.74) is 1.27. The third-order valence-corrected chi connectivity index (χ3v) is 5.45. The van der Waals surface area contributed by atoms with Gasteiger partial charge in [-0.3, -0.25) is 9.78 Å². The predicted octanol–water partition coefficient (Wildman–Crippen LogP) is 4.03. The molecule has 128 valence electrons. The van der Waals surface area contributed by atoms with E-state index in [0.29, 0.717) is 29.0 Å². The highest BCUT2D eigenvalue weighted by Gasteiger charge is 2.26. The molecule has 1 aliphatic rings. The predicted molar refractivity (Wildman–Crippen MR) is 98.4 cm³/mol. The average molecular weight is 374 g/mol. The second kappa shape index (κ2) is 6.98. The summed E-state index contributed by atoms with van der Waals surface area (Å²) < 4.78 is 7.04. The maximum Gasteiger partial charge on any atom is 0.274 e. The standard InChI is InChI=1S/C18H16ClN3O2S/c19-13-4-3-6-15-16(13)21-18(25-15)24-12-7-10-22(11-8-12)17(23)14-5-1-2-9-20-14/h1-6,9,12H,7-8,10-11H2. The van der Waals surface area contributed by atoms with Crippen molar-refractivity contribution in [2.24, 2.45) is 0 Å². The number of hydrogen-bond donors (Lipinski definition) is 0. The van der Waals surface area contributed by atoms with Gasteiger partial charge >= 0.3 is 0 Å². The molecule has 25 heavy (non-hydrogen) atoms. The maximum atomic E-state index is 12.4. The van der Waals surface area contributed by atoms with Crippen LogP contribution in [0.25, 0.3) is 10.2 Å². The maximum absolute atomic E-state index is 12.4. The van der Waals surface area contributed by atoms with Gasteiger partial charge in [0.25, 0.3) is 11.1 Å². The molecular weight excluding hydrogens is 358 g/mol. The lowest BCUT2D eigenvalue weighted by atomic mass is 10.1. The molecule has 0 atom stereocenters. The minimum atomic E-state index is -0.0224. The zero-order chi connectivity index (χ0) is 17.2. The molecule has 1 amide bonds. The summed E-state index contributed by atoms with van der Waals surface area (Å²) in [4.78, 5) is 22.9. The first kappa shape index (κ1) is 16.3. The first-order valence-electron chi connectivity index (χ1n) is 8.13. The number of fused-ring (bicyclic) bond motifs is 1. The third kappa shape index (κ3) is 3.45. The largest absolute Gasteiger partial charge is 0.467 e. The Hall–Kier alpha value is -2.18. The minimum absolute atomic E-state index is 0.0224. The number of likely N-dealkylation sites (tertiary alicyclic amines) is 1. The third-order valence-electron chi connectivity index (χ3n) is 4.23. The Morgan fingerprint density at radius 2 is 2.04 bits per heavy atom. The molecule has 5 nitrogen and oxygen atoms in total. The molecule has 0 aliphatic carbocycles. The molecule has 7 heteroatoms. The van der Waals surface area contributed by atoms with Crippen molar-refractivity contribution in [1.82, 2.24) is 14.9 Å². The molecule has 1 aromatic carbocycles. The Balaban J connectivity index is 1.38. The van der Waals surface area contributed by atoms with Crippen LogP contribution in [0.4, 0.5) is 0 Å². The van der Waals surface area contributed by atoms with Crippen molar-refractivity contribution in [3.05, 3.63) is 53.3 Å². The number of aromatic nitrogens is 2. The number of pyridine rings is 1. The lowest BCUT2D eigenvalue weighted by Crippen LogP contribution is -2.42. The normalized spacial score (nSPS) is 15.5. The molecule has 0 bridgehead atoms. The topological polar surface area (TPSA) is 55.3 Å². The van der Waals surface area contributed by atoms with E-state index in [1.807, 2.05) is 29.2 Å². The Morgan fingerprint density at radius 3 is 2.76 bits per heavy atom. The number of halogens is 1. The number of rotatable bonds is 3. The van der Waals surface area contributed by atoms with Gasteiger partial charge in [-0.1, -0.05) is 35.1 Å². The first-order valence-corrected chi connectivity index (χ1v) is 9.32. The number of thiazole rings is 1. The van der Waals surface area contributed by atoms with E-state index in [4.69, 9.17) is 16.3 Å². The molecule has 0 unspecified atom stereocenters. The second-order valence-electron chi connectivity index (χ2n) is 5.89. The molecule has 0 saturated carbocycles. The zero-order valence-corrected chi connectivity index (χ0v) is 15.0. The molecular formula is C18H16ClN3O2S. The van der Waals surface area contributed by atoms with Crippen molar-refractivity contribution in [2.45, 2.75) is 18.9 Å². The van der Waals surface area contributed by atoms with Crippen molar-refractivity contribution in [3.8, 4) is 5.19 Å². The first-order chi connectivity index (χ1) is 12.2. The number of piperidine rings is 1. The van der Waals surface area contributed by atoms with Crippen LogP contribution in [0.15, 0.2) is 42.6 Å². The number of nitrogens with zero attached hydrogens (tertiary/aromatic N) is 3. The summed E-state index contributed by atoms with van der Waals surface area (Å²) in [5, 5.41) is 1.27. The van der Waals surface area contributed by atoms with Gasteiger partial charge in [-0.25, -0.2) is 4.98 Å². The van der Waals surface area contributed by atoms with Crippen molar-refractivity contribution < 1.29 is 9.53 Å². The lowest BCUT2D eigenvalue weighted by Gasteiger charge is -2.31. The fourth-order valence-electron chi connectivity index (χ4n) is 2.92. The van der Waals surface area contributed by atoms with Crippen molar-refractivity contribution >= 4 is 39.1 Å². The van der Waals surface area contributed by atoms with Crippen LogP contribution in [-0.2, 0) is 0 Å². The smallest absolute Gasteiger partial charge is 0.274 e. The number of carbonyl (C=O) groups excluding carboxylic acids is 1. The molecule has 2 aromatic heterocycles. The zero-order valence-electron chi connectivity index (χ0n) is 13.4. The molecule has 3 aromatic rings. The summed E-state index contributed by atoms with van der Waals surface area (Å²) in [6, 6.07) is 11.1. The Bertz CT molecular complexity index is 892. The summed E-state index contributed by atoms with van der Waals surface area (Å²) in [5.74, 6) is -0.0224. The highest BCUT2D eigenvalue weighted by atomic mass is 35.5. The van der Waals surface area contributed by atoms with Crippen LogP contribution in [0, 0.1) is 0 Å². The van der Waals surface area contributed by atoms with Crippen molar-refractivity contribution in [2.75, 3.05) is 13.1 Å². The fraction of sp³-hybridized carbons (Fsp3) is 0.278. The molecule has 1 aliphatic heterocycles. The monoisotopic (exact) mass is 373 g/mol. The SMILES string of the molecule is O=C(c1ccccn1)N1CCC(Oc2nc3c(Cl)cccc3s2)CC1. The molecule has 0 N–H and O–H groups in total. The van der Waals surface area contributed by atoms with Gasteiger partial charge in [0.2, 0.25) is 0 Å². The molecule has 0 radical (unpaired) electrons. The van der Waals surface area contributed by atoms with E-state index >= 15 is 0 Å². The fourth-order valence-corrected chi connectivity index (χ4v) is 4.10. The quantitative estimate of drug-likeness (QED) is 0.695. The molecule has 4 rings (SSSR count). The lowest BCUT2D eigenvalue weighted by molar-refractivity contribution is 0.0590. The average Bonchev–Trinajstić information content (AvgIpc) is 3.06. The number of benzene rings is 1. The minimum Gasteiger partial charge on any atom is -0.467 e. The van der Waals surface area contributed by atoms with E-state index in [2.05, 4.69) is 9.97 Å². The van der Waals surface area contributed by atoms with Crippen LogP contribution in [0.3, 0.4) is 0 Å². The van der Waals surface area contributed by atoms with Crippen LogP contribution in [0.1, 0.15) is 23.3 Å². The van der Waals surface area contributed by atoms with Gasteiger partial charge in [0.15, 0.2) is 0 Å². The molecule has 1 saturated heterocycles. The highest BCUT2D eigenvalue weighted by molar-refractivity contribution is 7.20. The number of carbonyl (C=O) groups is 1. The van der Waals surface area contributed by atoms with E-state index in [1.165, 1.54) is 11.3 Å². The highest BCUT2D eigenvalue weighted by Crippen LogP contribution is 2.33. The van der Waals surface area contributed by atoms with E-state index < -0.39 is 0 Å². The van der Waals surface area contributed by atoms with Crippen molar-refractivity contribution in [3.63, 3.8) is 0 Å². The van der Waals surface area contributed by atoms with Crippen LogP contribution in [-0.4, -0.2) is 40.0 Å². The van der Waals surface area contributed by atoms with Crippen LogP contribution in [0.2, 0.25) is 5.02 Å². The van der Waals surface area contributed by atoms with E-state index in [-0.39, 0.29) is 12.0 Å². The van der Waals surface area contributed by atoms with Gasteiger partial charge in [-0.15, -0.1) is 0 Å². The summed E-state index contributed by atoms with van der Waals surface area (Å²) in [6.45, 7) is 1.32. The summed E-state index contributed by atoms with van der Waals surface area (Å²) in [6.07, 6.45) is 3.26. The number of ether oxygens (including phenoxy) is 1. The Labute approximate surface area is 154 Å². The van der Waals surface area contributed by atoms with Gasteiger partial charge in [-0.05, 0) is 24.3 Å². The number of hydrogen-bond acceptors (Lipinski definition) is 5. The van der Waals surface area contributed by atoms with Gasteiger partial charge in [0.05, 0.1) is 9.72 Å². The van der Waals surface area contributed by atoms with Gasteiger partial charge in [0, 0.05) is 32.1 Å². The van der Waals surface area contributed by atoms with Crippen LogP contribution >= 0.6 is 22.9 Å². The summed E-state index contributed by atoms with van der Waals surface area (Å²) >= 11 is 7.66. The molecule has 1 fully saturated rings.